The van der Waals surface area contributed by atoms with Crippen LogP contribution in [-0.2, 0) is 6.54 Å². The summed E-state index contributed by atoms with van der Waals surface area (Å²) in [5.74, 6) is 0. The van der Waals surface area contributed by atoms with Gasteiger partial charge in [-0.05, 0) is 50.0 Å². The maximum Gasteiger partial charge on any atom is 0.122 e. The zero-order valence-electron chi connectivity index (χ0n) is 11.8. The van der Waals surface area contributed by atoms with Gasteiger partial charge in [0.25, 0.3) is 0 Å². The molecule has 2 fully saturated rings. The first kappa shape index (κ1) is 13.9. The molecule has 5 heteroatoms. The lowest BCUT2D eigenvalue weighted by Crippen LogP contribution is -2.35. The Balaban J connectivity index is 1.58. The van der Waals surface area contributed by atoms with Crippen LogP contribution in [-0.4, -0.2) is 52.0 Å². The fraction of sp³-hybridized carbons (Fsp3) is 0.600. The Hall–Kier alpha value is -1.04. The summed E-state index contributed by atoms with van der Waals surface area (Å²) in [6, 6.07) is 4.84. The minimum Gasteiger partial charge on any atom is -0.388 e. The molecule has 0 radical (unpaired) electrons. The molecule has 2 saturated heterocycles. The SMILES string of the molecule is NC(=S)c1cc(CN2CCC(N3CCCC3)C2)ccn1. The van der Waals surface area contributed by atoms with Gasteiger partial charge in [-0.2, -0.15) is 0 Å². The fourth-order valence-corrected chi connectivity index (χ4v) is 3.44. The summed E-state index contributed by atoms with van der Waals surface area (Å²) in [5.41, 5.74) is 7.63. The van der Waals surface area contributed by atoms with E-state index in [9.17, 15) is 0 Å². The third-order valence-corrected chi connectivity index (χ3v) is 4.60. The average molecular weight is 290 g/mol. The molecule has 2 aliphatic rings. The molecule has 20 heavy (non-hydrogen) atoms. The molecule has 0 saturated carbocycles. The van der Waals surface area contributed by atoms with Gasteiger partial charge in [-0.1, -0.05) is 12.2 Å². The Labute approximate surface area is 126 Å². The summed E-state index contributed by atoms with van der Waals surface area (Å²) in [7, 11) is 0. The number of hydrogen-bond donors (Lipinski definition) is 1. The Morgan fingerprint density at radius 2 is 2.15 bits per heavy atom. The van der Waals surface area contributed by atoms with Crippen molar-refractivity contribution in [2.24, 2.45) is 5.73 Å². The number of nitrogens with two attached hydrogens (primary N) is 1. The Morgan fingerprint density at radius 1 is 1.35 bits per heavy atom. The van der Waals surface area contributed by atoms with Crippen LogP contribution in [0.4, 0.5) is 0 Å². The van der Waals surface area contributed by atoms with E-state index in [4.69, 9.17) is 18.0 Å². The highest BCUT2D eigenvalue weighted by atomic mass is 32.1. The van der Waals surface area contributed by atoms with E-state index in [1.54, 1.807) is 6.20 Å². The molecule has 1 aromatic rings. The van der Waals surface area contributed by atoms with Crippen LogP contribution in [0.1, 0.15) is 30.5 Å². The van der Waals surface area contributed by atoms with E-state index in [1.807, 2.05) is 6.07 Å². The molecular weight excluding hydrogens is 268 g/mol. The molecule has 0 amide bonds. The molecule has 0 spiro atoms. The standard InChI is InChI=1S/C15H22N4S/c16-15(20)14-9-12(3-5-17-14)10-18-8-4-13(11-18)19-6-1-2-7-19/h3,5,9,13H,1-2,4,6-8,10-11H2,(H2,16,20). The van der Waals surface area contributed by atoms with Gasteiger partial charge < -0.3 is 5.73 Å². The van der Waals surface area contributed by atoms with E-state index >= 15 is 0 Å². The lowest BCUT2D eigenvalue weighted by atomic mass is 10.2. The average Bonchev–Trinajstić information content (AvgIpc) is 3.09. The van der Waals surface area contributed by atoms with Crippen LogP contribution in [0.15, 0.2) is 18.3 Å². The van der Waals surface area contributed by atoms with Gasteiger partial charge in [-0.3, -0.25) is 14.8 Å². The lowest BCUT2D eigenvalue weighted by Gasteiger charge is -2.23. The first-order valence-corrected chi connectivity index (χ1v) is 7.84. The highest BCUT2D eigenvalue weighted by Crippen LogP contribution is 2.21. The third-order valence-electron chi connectivity index (χ3n) is 4.39. The predicted molar refractivity (Wildman–Crippen MR) is 84.6 cm³/mol. The van der Waals surface area contributed by atoms with Gasteiger partial charge >= 0.3 is 0 Å². The molecule has 0 bridgehead atoms. The molecule has 4 nitrogen and oxygen atoms in total. The van der Waals surface area contributed by atoms with Crippen LogP contribution in [0.25, 0.3) is 0 Å². The topological polar surface area (TPSA) is 45.4 Å². The van der Waals surface area contributed by atoms with E-state index in [0.717, 1.165) is 18.3 Å². The van der Waals surface area contributed by atoms with Gasteiger partial charge in [-0.25, -0.2) is 0 Å². The van der Waals surface area contributed by atoms with Crippen molar-refractivity contribution in [2.45, 2.75) is 31.8 Å². The van der Waals surface area contributed by atoms with Crippen molar-refractivity contribution >= 4 is 17.2 Å². The van der Waals surface area contributed by atoms with Gasteiger partial charge in [0.15, 0.2) is 0 Å². The molecule has 3 rings (SSSR count). The van der Waals surface area contributed by atoms with E-state index in [-0.39, 0.29) is 0 Å². The monoisotopic (exact) mass is 290 g/mol. The quantitative estimate of drug-likeness (QED) is 0.849. The van der Waals surface area contributed by atoms with Gasteiger partial charge in [-0.15, -0.1) is 0 Å². The molecule has 2 aliphatic heterocycles. The molecule has 1 atom stereocenters. The van der Waals surface area contributed by atoms with E-state index in [2.05, 4.69) is 20.9 Å². The molecule has 1 unspecified atom stereocenters. The van der Waals surface area contributed by atoms with Crippen molar-refractivity contribution in [3.8, 4) is 0 Å². The van der Waals surface area contributed by atoms with Crippen molar-refractivity contribution in [3.05, 3.63) is 29.6 Å². The van der Waals surface area contributed by atoms with E-state index in [0.29, 0.717) is 4.99 Å². The molecule has 3 heterocycles. The molecular formula is C15H22N4S. The number of nitrogens with zero attached hydrogens (tertiary/aromatic N) is 3. The molecule has 2 N–H and O–H groups in total. The molecule has 0 aliphatic carbocycles. The number of thiocarbonyl (C=S) groups is 1. The van der Waals surface area contributed by atoms with Crippen LogP contribution in [0, 0.1) is 0 Å². The van der Waals surface area contributed by atoms with Crippen LogP contribution >= 0.6 is 12.2 Å². The van der Waals surface area contributed by atoms with Gasteiger partial charge in [0.1, 0.15) is 4.99 Å². The summed E-state index contributed by atoms with van der Waals surface area (Å²) < 4.78 is 0. The Bertz CT molecular complexity index is 485. The highest BCUT2D eigenvalue weighted by Gasteiger charge is 2.28. The molecule has 108 valence electrons. The van der Waals surface area contributed by atoms with Crippen LogP contribution < -0.4 is 5.73 Å². The largest absolute Gasteiger partial charge is 0.388 e. The summed E-state index contributed by atoms with van der Waals surface area (Å²) in [5, 5.41) is 0. The van der Waals surface area contributed by atoms with Gasteiger partial charge in [0, 0.05) is 31.9 Å². The number of hydrogen-bond acceptors (Lipinski definition) is 4. The molecule has 0 aromatic carbocycles. The highest BCUT2D eigenvalue weighted by molar-refractivity contribution is 7.80. The zero-order valence-corrected chi connectivity index (χ0v) is 12.6. The second kappa shape index (κ2) is 6.16. The Morgan fingerprint density at radius 3 is 2.90 bits per heavy atom. The second-order valence-corrected chi connectivity index (χ2v) is 6.27. The molecule has 1 aromatic heterocycles. The van der Waals surface area contributed by atoms with Crippen molar-refractivity contribution in [1.29, 1.82) is 0 Å². The smallest absolute Gasteiger partial charge is 0.122 e. The zero-order chi connectivity index (χ0) is 13.9. The third kappa shape index (κ3) is 3.16. The second-order valence-electron chi connectivity index (χ2n) is 5.83. The van der Waals surface area contributed by atoms with Crippen molar-refractivity contribution in [1.82, 2.24) is 14.8 Å². The van der Waals surface area contributed by atoms with Crippen molar-refractivity contribution in [3.63, 3.8) is 0 Å². The van der Waals surface area contributed by atoms with Crippen molar-refractivity contribution in [2.75, 3.05) is 26.2 Å². The maximum atomic E-state index is 5.64. The minimum atomic E-state index is 0.378. The Kier molecular flexibility index (Phi) is 4.29. The maximum absolute atomic E-state index is 5.64. The first-order valence-electron chi connectivity index (χ1n) is 7.43. The summed E-state index contributed by atoms with van der Waals surface area (Å²) >= 11 is 4.99. The van der Waals surface area contributed by atoms with Crippen molar-refractivity contribution < 1.29 is 0 Å². The van der Waals surface area contributed by atoms with Crippen LogP contribution in [0.5, 0.6) is 0 Å². The van der Waals surface area contributed by atoms with Crippen LogP contribution in [0.2, 0.25) is 0 Å². The van der Waals surface area contributed by atoms with E-state index in [1.165, 1.54) is 51.0 Å². The van der Waals surface area contributed by atoms with Gasteiger partial charge in [0.2, 0.25) is 0 Å². The number of likely N-dealkylation sites (tertiary alicyclic amines) is 2. The van der Waals surface area contributed by atoms with Gasteiger partial charge in [0.05, 0.1) is 5.69 Å². The summed E-state index contributed by atoms with van der Waals surface area (Å²) in [6.07, 6.45) is 5.85. The normalized spacial score (nSPS) is 24.3. The minimum absolute atomic E-state index is 0.378. The van der Waals surface area contributed by atoms with Crippen LogP contribution in [0.3, 0.4) is 0 Å². The fourth-order valence-electron chi connectivity index (χ4n) is 3.33. The first-order chi connectivity index (χ1) is 9.72. The number of pyridine rings is 1. The summed E-state index contributed by atoms with van der Waals surface area (Å²) in [6.45, 7) is 5.93. The number of aromatic nitrogens is 1. The number of rotatable bonds is 4. The summed E-state index contributed by atoms with van der Waals surface area (Å²) in [4.78, 5) is 9.77. The lowest BCUT2D eigenvalue weighted by molar-refractivity contribution is 0.230. The predicted octanol–water partition coefficient (Wildman–Crippen LogP) is 1.39. The van der Waals surface area contributed by atoms with E-state index < -0.39 is 0 Å².